The molecule has 0 saturated carbocycles. The summed E-state index contributed by atoms with van der Waals surface area (Å²) in [7, 11) is -0.236. The number of hydrogen-bond acceptors (Lipinski definition) is 0. The van der Waals surface area contributed by atoms with E-state index in [1.807, 2.05) is 4.90 Å². The first-order valence-electron chi connectivity index (χ1n) is 10.2. The fraction of sp³-hybridized carbons (Fsp3) is 0.478. The summed E-state index contributed by atoms with van der Waals surface area (Å²) in [6, 6.07) is 9.56. The minimum Gasteiger partial charge on any atom is -0.360 e. The van der Waals surface area contributed by atoms with Crippen LogP contribution in [0.4, 0.5) is 0 Å². The summed E-state index contributed by atoms with van der Waals surface area (Å²) >= 11 is 0. The van der Waals surface area contributed by atoms with Crippen molar-refractivity contribution in [2.75, 3.05) is 13.1 Å². The second-order valence-electron chi connectivity index (χ2n) is 8.71. The van der Waals surface area contributed by atoms with Crippen molar-refractivity contribution in [3.63, 3.8) is 0 Å². The van der Waals surface area contributed by atoms with E-state index >= 15 is 0 Å². The van der Waals surface area contributed by atoms with Crippen LogP contribution in [0.3, 0.4) is 0 Å². The molecule has 2 heteroatoms. The predicted octanol–water partition coefficient (Wildman–Crippen LogP) is 2.71. The van der Waals surface area contributed by atoms with Gasteiger partial charge in [0.25, 0.3) is 0 Å². The molecule has 0 aliphatic carbocycles. The van der Waals surface area contributed by atoms with Crippen LogP contribution in [-0.4, -0.2) is 20.4 Å². The minimum atomic E-state index is -0.236. The molecule has 0 radical (unpaired) electrons. The Morgan fingerprint density at radius 2 is 1.16 bits per heavy atom. The Kier molecular flexibility index (Phi) is 5.39. The Balaban J connectivity index is 2.05. The van der Waals surface area contributed by atoms with Gasteiger partial charge in [0.05, 0.1) is 20.4 Å². The van der Waals surface area contributed by atoms with Gasteiger partial charge in [0.15, 0.2) is 0 Å². The van der Waals surface area contributed by atoms with Crippen LogP contribution in [0.25, 0.3) is 0 Å². The minimum absolute atomic E-state index is 0.236. The van der Waals surface area contributed by atoms with Gasteiger partial charge in [-0.1, -0.05) is 46.5 Å². The lowest BCUT2D eigenvalue weighted by atomic mass is 9.56. The van der Waals surface area contributed by atoms with Gasteiger partial charge in [0.1, 0.15) is 0 Å². The van der Waals surface area contributed by atoms with E-state index in [9.17, 15) is 0 Å². The molecule has 3 rings (SSSR count). The number of quaternary nitrogens is 1. The molecule has 1 N–H and O–H groups in total. The Morgan fingerprint density at radius 3 is 1.64 bits per heavy atom. The molecular weight excluding hydrogens is 301 g/mol. The van der Waals surface area contributed by atoms with Crippen molar-refractivity contribution < 1.29 is 4.90 Å². The molecule has 25 heavy (non-hydrogen) atoms. The highest BCUT2D eigenvalue weighted by atomic mass is 15.2. The molecule has 1 aliphatic rings. The van der Waals surface area contributed by atoms with Crippen LogP contribution in [0.15, 0.2) is 24.3 Å². The second-order valence-corrected chi connectivity index (χ2v) is 8.71. The number of aryl methyl sites for hydroxylation is 6. The monoisotopic (exact) mass is 335 g/mol. The smallest absolute Gasteiger partial charge is 0.0752 e. The standard InChI is InChI=1S/C23H33BN/c1-15-11-17(3)21(18(4)12-15)23(25-9-7-8-10-25)24-22-19(5)13-16(2)14-20(22)6/h11-14,23H,7-10,24H2,1-6H3/q-1/p+1. The maximum Gasteiger partial charge on any atom is 0.0752 e. The van der Waals surface area contributed by atoms with Gasteiger partial charge in [-0.25, -0.2) is 5.46 Å². The van der Waals surface area contributed by atoms with Crippen molar-refractivity contribution >= 4 is 12.7 Å². The number of hydrogen-bond donors (Lipinski definition) is 1. The lowest BCUT2D eigenvalue weighted by Gasteiger charge is -2.34. The average molecular weight is 335 g/mol. The molecule has 1 atom stereocenters. The predicted molar refractivity (Wildman–Crippen MR) is 112 cm³/mol. The zero-order chi connectivity index (χ0) is 18.1. The first-order valence-corrected chi connectivity index (χ1v) is 10.2. The lowest BCUT2D eigenvalue weighted by molar-refractivity contribution is -0.906. The van der Waals surface area contributed by atoms with Crippen molar-refractivity contribution in [3.8, 4) is 0 Å². The summed E-state index contributed by atoms with van der Waals surface area (Å²) in [6.07, 6.45) is 2.79. The zero-order valence-electron chi connectivity index (χ0n) is 17.2. The number of rotatable bonds is 4. The second kappa shape index (κ2) is 7.37. The number of likely N-dealkylation sites (tertiary alicyclic amines) is 1. The molecule has 1 aliphatic heterocycles. The zero-order valence-corrected chi connectivity index (χ0v) is 17.2. The summed E-state index contributed by atoms with van der Waals surface area (Å²) < 4.78 is 0. The lowest BCUT2D eigenvalue weighted by Crippen LogP contribution is -3.11. The molecule has 1 heterocycles. The number of benzene rings is 2. The molecule has 2 aromatic carbocycles. The third-order valence-corrected chi connectivity index (χ3v) is 6.68. The molecule has 0 aromatic heterocycles. The van der Waals surface area contributed by atoms with Gasteiger partial charge < -0.3 is 4.90 Å². The molecular formula is C23H34BN. The van der Waals surface area contributed by atoms with Crippen molar-refractivity contribution in [2.45, 2.75) is 60.3 Å². The summed E-state index contributed by atoms with van der Waals surface area (Å²) in [6.45, 7) is 16.5. The molecule has 2 aromatic rings. The van der Waals surface area contributed by atoms with Crippen molar-refractivity contribution in [1.82, 2.24) is 0 Å². The van der Waals surface area contributed by atoms with Gasteiger partial charge >= 0.3 is 0 Å². The Bertz CT molecular complexity index is 726. The van der Waals surface area contributed by atoms with E-state index in [4.69, 9.17) is 0 Å². The van der Waals surface area contributed by atoms with Crippen LogP contribution < -0.4 is 10.4 Å². The Morgan fingerprint density at radius 1 is 0.720 bits per heavy atom. The van der Waals surface area contributed by atoms with Gasteiger partial charge in [-0.15, -0.1) is 0 Å². The maximum absolute atomic E-state index is 2.39. The van der Waals surface area contributed by atoms with Gasteiger partial charge in [0, 0.05) is 12.8 Å². The van der Waals surface area contributed by atoms with Crippen molar-refractivity contribution in [1.29, 1.82) is 0 Å². The van der Waals surface area contributed by atoms with Crippen LogP contribution in [0, 0.1) is 41.5 Å². The highest BCUT2D eigenvalue weighted by molar-refractivity contribution is 6.55. The average Bonchev–Trinajstić information content (AvgIpc) is 3.01. The van der Waals surface area contributed by atoms with E-state index in [2.05, 4.69) is 65.8 Å². The highest BCUT2D eigenvalue weighted by Gasteiger charge is 2.26. The van der Waals surface area contributed by atoms with Crippen LogP contribution in [0.2, 0.25) is 0 Å². The molecule has 1 nitrogen and oxygen atoms in total. The molecule has 0 bridgehead atoms. The fourth-order valence-corrected chi connectivity index (χ4v) is 5.69. The Hall–Kier alpha value is -1.54. The van der Waals surface area contributed by atoms with Crippen molar-refractivity contribution in [3.05, 3.63) is 63.2 Å². The van der Waals surface area contributed by atoms with E-state index in [-0.39, 0.29) is 7.28 Å². The van der Waals surface area contributed by atoms with Crippen LogP contribution >= 0.6 is 0 Å². The Labute approximate surface area is 154 Å². The third-order valence-electron chi connectivity index (χ3n) is 6.68. The topological polar surface area (TPSA) is 4.44 Å². The quantitative estimate of drug-likeness (QED) is 0.820. The van der Waals surface area contributed by atoms with Crippen molar-refractivity contribution in [2.24, 2.45) is 0 Å². The SMILES string of the molecule is Cc1cc(C)c([BH2-]C(c2c(C)cc(C)cc2C)[NH+]2CCCC2)c(C)c1. The van der Waals surface area contributed by atoms with Gasteiger partial charge in [-0.05, 0) is 64.2 Å². The van der Waals surface area contributed by atoms with Gasteiger partial charge in [-0.3, -0.25) is 0 Å². The molecule has 0 spiro atoms. The van der Waals surface area contributed by atoms with Crippen LogP contribution in [-0.2, 0) is 0 Å². The highest BCUT2D eigenvalue weighted by Crippen LogP contribution is 2.23. The molecule has 1 fully saturated rings. The summed E-state index contributed by atoms with van der Waals surface area (Å²) in [5, 5.41) is 0. The molecule has 1 saturated heterocycles. The third kappa shape index (κ3) is 3.85. The van der Waals surface area contributed by atoms with E-state index in [1.165, 1.54) is 59.3 Å². The molecule has 0 amide bonds. The van der Waals surface area contributed by atoms with Gasteiger partial charge in [0.2, 0.25) is 0 Å². The first-order chi connectivity index (χ1) is 11.9. The van der Waals surface area contributed by atoms with E-state index in [0.29, 0.717) is 5.94 Å². The largest absolute Gasteiger partial charge is 0.360 e. The fourth-order valence-electron chi connectivity index (χ4n) is 5.69. The van der Waals surface area contributed by atoms with Gasteiger partial charge in [-0.2, -0.15) is 0 Å². The van der Waals surface area contributed by atoms with E-state index in [0.717, 1.165) is 0 Å². The summed E-state index contributed by atoms with van der Waals surface area (Å²) in [5.74, 6) is 0.711. The maximum atomic E-state index is 2.39. The summed E-state index contributed by atoms with van der Waals surface area (Å²) in [4.78, 5) is 1.84. The first kappa shape index (κ1) is 18.3. The molecule has 1 unspecified atom stereocenters. The number of nitrogens with one attached hydrogen (secondary N) is 1. The summed E-state index contributed by atoms with van der Waals surface area (Å²) in [5.41, 5.74) is 12.2. The molecule has 134 valence electrons. The van der Waals surface area contributed by atoms with Crippen LogP contribution in [0.5, 0.6) is 0 Å². The van der Waals surface area contributed by atoms with E-state index < -0.39 is 0 Å². The normalized spacial score (nSPS) is 16.4. The van der Waals surface area contributed by atoms with Crippen LogP contribution in [0.1, 0.15) is 57.7 Å². The van der Waals surface area contributed by atoms with E-state index in [1.54, 1.807) is 11.0 Å².